The van der Waals surface area contributed by atoms with Gasteiger partial charge in [-0.25, -0.2) is 0 Å². The van der Waals surface area contributed by atoms with Crippen molar-refractivity contribution in [1.29, 1.82) is 0 Å². The Morgan fingerprint density at radius 3 is 2.55 bits per heavy atom. The first-order valence-corrected chi connectivity index (χ1v) is 13.0. The molecule has 1 atom stereocenters. The lowest BCUT2D eigenvalue weighted by Gasteiger charge is -2.21. The van der Waals surface area contributed by atoms with E-state index in [0.717, 1.165) is 44.1 Å². The molecule has 5 aromatic rings. The molecule has 0 bridgehead atoms. The van der Waals surface area contributed by atoms with Crippen LogP contribution in [-0.2, 0) is 27.2 Å². The van der Waals surface area contributed by atoms with Crippen LogP contribution in [0, 0.1) is 0 Å². The molecule has 2 aromatic heterocycles. The number of H-pyrrole nitrogens is 2. The van der Waals surface area contributed by atoms with Crippen molar-refractivity contribution in [3.63, 3.8) is 0 Å². The van der Waals surface area contributed by atoms with Gasteiger partial charge in [-0.2, -0.15) is 0 Å². The molecule has 194 valence electrons. The van der Waals surface area contributed by atoms with Gasteiger partial charge in [0.15, 0.2) is 0 Å². The first-order chi connectivity index (χ1) is 18.3. The van der Waals surface area contributed by atoms with Crippen LogP contribution < -0.4 is 5.32 Å². The number of aromatic amines is 2. The molecule has 0 spiro atoms. The number of fused-ring (bicyclic) bond motifs is 2. The molecule has 0 saturated heterocycles. The van der Waals surface area contributed by atoms with Crippen molar-refractivity contribution < 1.29 is 14.3 Å². The number of para-hydroxylation sites is 1. The fourth-order valence-electron chi connectivity index (χ4n) is 4.90. The predicted molar refractivity (Wildman–Crippen MR) is 151 cm³/mol. The number of aromatic nitrogens is 2. The summed E-state index contributed by atoms with van der Waals surface area (Å²) in [6.07, 6.45) is 4.97. The van der Waals surface area contributed by atoms with Gasteiger partial charge in [-0.15, -0.1) is 0 Å². The van der Waals surface area contributed by atoms with Crippen molar-refractivity contribution in [2.24, 2.45) is 0 Å². The zero-order valence-corrected chi connectivity index (χ0v) is 22.0. The van der Waals surface area contributed by atoms with E-state index in [0.29, 0.717) is 12.8 Å². The number of hydrogen-bond donors (Lipinski definition) is 3. The van der Waals surface area contributed by atoms with Crippen molar-refractivity contribution >= 4 is 33.7 Å². The van der Waals surface area contributed by atoms with Crippen molar-refractivity contribution in [2.75, 3.05) is 0 Å². The van der Waals surface area contributed by atoms with Gasteiger partial charge >= 0.3 is 5.97 Å². The number of esters is 1. The van der Waals surface area contributed by atoms with E-state index in [9.17, 15) is 9.59 Å². The minimum absolute atomic E-state index is 0.0624. The van der Waals surface area contributed by atoms with E-state index >= 15 is 0 Å². The molecule has 0 aliphatic carbocycles. The number of nitrogens with one attached hydrogen (secondary N) is 3. The lowest BCUT2D eigenvalue weighted by atomic mass is 9.96. The summed E-state index contributed by atoms with van der Waals surface area (Å²) in [4.78, 5) is 32.2. The summed E-state index contributed by atoms with van der Waals surface area (Å²) < 4.78 is 5.45. The third-order valence-electron chi connectivity index (χ3n) is 6.58. The van der Waals surface area contributed by atoms with Crippen LogP contribution in [0.15, 0.2) is 85.2 Å². The molecule has 3 aromatic carbocycles. The summed E-state index contributed by atoms with van der Waals surface area (Å²) in [5.74, 6) is -0.279. The van der Waals surface area contributed by atoms with E-state index < -0.39 is 5.60 Å². The molecule has 5 rings (SSSR count). The molecule has 0 aliphatic heterocycles. The van der Waals surface area contributed by atoms with Gasteiger partial charge in [-0.05, 0) is 67.5 Å². The maximum absolute atomic E-state index is 13.4. The summed E-state index contributed by atoms with van der Waals surface area (Å²) in [7, 11) is 0. The maximum Gasteiger partial charge on any atom is 0.306 e. The normalized spacial score (nSPS) is 12.5. The molecule has 6 nitrogen and oxygen atoms in total. The van der Waals surface area contributed by atoms with E-state index in [1.54, 1.807) is 0 Å². The Balaban J connectivity index is 1.34. The number of hydrogen-bond acceptors (Lipinski definition) is 3. The Morgan fingerprint density at radius 1 is 0.947 bits per heavy atom. The average molecular weight is 508 g/mol. The van der Waals surface area contributed by atoms with Crippen molar-refractivity contribution in [3.8, 4) is 0 Å². The van der Waals surface area contributed by atoms with Gasteiger partial charge in [-0.1, -0.05) is 54.6 Å². The number of carbonyl (C=O) groups excluding carboxylic acids is 2. The molecule has 0 radical (unpaired) electrons. The standard InChI is InChI=1S/C32H33N3O3/c1-32(2,3)38-29(37)15-13-24-20-34-27-14-12-21(18-26(24)27)19-28(36)35-31(22-8-5-4-6-9-22)25-11-7-10-23-16-17-33-30(23)25/h4-12,14,16-18,20,31,33-34H,13,15,19H2,1-3H3,(H,35,36). The minimum atomic E-state index is -0.498. The van der Waals surface area contributed by atoms with Gasteiger partial charge in [0, 0.05) is 35.3 Å². The van der Waals surface area contributed by atoms with Crippen LogP contribution in [0.3, 0.4) is 0 Å². The molecule has 0 aliphatic rings. The molecule has 3 N–H and O–H groups in total. The molecule has 38 heavy (non-hydrogen) atoms. The van der Waals surface area contributed by atoms with Crippen molar-refractivity contribution in [3.05, 3.63) is 107 Å². The summed E-state index contributed by atoms with van der Waals surface area (Å²) >= 11 is 0. The van der Waals surface area contributed by atoms with Gasteiger partial charge in [0.1, 0.15) is 5.60 Å². The fraction of sp³-hybridized carbons (Fsp3) is 0.250. The molecular formula is C32H33N3O3. The number of benzene rings is 3. The lowest BCUT2D eigenvalue weighted by molar-refractivity contribution is -0.154. The van der Waals surface area contributed by atoms with Crippen molar-refractivity contribution in [1.82, 2.24) is 15.3 Å². The summed E-state index contributed by atoms with van der Waals surface area (Å²) in [5, 5.41) is 5.40. The van der Waals surface area contributed by atoms with E-state index in [-0.39, 0.29) is 24.3 Å². The zero-order valence-electron chi connectivity index (χ0n) is 22.0. The highest BCUT2D eigenvalue weighted by atomic mass is 16.6. The van der Waals surface area contributed by atoms with Gasteiger partial charge in [0.05, 0.1) is 18.0 Å². The maximum atomic E-state index is 13.4. The molecule has 0 fully saturated rings. The first kappa shape index (κ1) is 25.3. The third kappa shape index (κ3) is 5.80. The molecule has 1 unspecified atom stereocenters. The smallest absolute Gasteiger partial charge is 0.306 e. The van der Waals surface area contributed by atoms with Gasteiger partial charge in [0.25, 0.3) is 0 Å². The van der Waals surface area contributed by atoms with Crippen LogP contribution >= 0.6 is 0 Å². The van der Waals surface area contributed by atoms with Crippen LogP contribution in [0.4, 0.5) is 0 Å². The second kappa shape index (κ2) is 10.6. The van der Waals surface area contributed by atoms with Crippen LogP contribution in [0.25, 0.3) is 21.8 Å². The number of amides is 1. The number of carbonyl (C=O) groups is 2. The molecular weight excluding hydrogens is 474 g/mol. The minimum Gasteiger partial charge on any atom is -0.460 e. The molecule has 1 amide bonds. The Hall–Kier alpha value is -4.32. The van der Waals surface area contributed by atoms with E-state index in [4.69, 9.17) is 4.74 Å². The lowest BCUT2D eigenvalue weighted by Crippen LogP contribution is -2.30. The highest BCUT2D eigenvalue weighted by Crippen LogP contribution is 2.29. The van der Waals surface area contributed by atoms with Crippen molar-refractivity contribution in [2.45, 2.75) is 51.7 Å². The van der Waals surface area contributed by atoms with Crippen LogP contribution in [0.1, 0.15) is 55.5 Å². The van der Waals surface area contributed by atoms with Gasteiger partial charge in [0.2, 0.25) is 5.91 Å². The quantitative estimate of drug-likeness (QED) is 0.213. The second-order valence-corrected chi connectivity index (χ2v) is 10.7. The average Bonchev–Trinajstić information content (AvgIpc) is 3.52. The van der Waals surface area contributed by atoms with E-state index in [2.05, 4.69) is 27.4 Å². The van der Waals surface area contributed by atoms with Crippen LogP contribution in [0.5, 0.6) is 0 Å². The Labute approximate surface area is 222 Å². The van der Waals surface area contributed by atoms with Gasteiger partial charge in [-0.3, -0.25) is 9.59 Å². The summed E-state index contributed by atoms with van der Waals surface area (Å²) in [6, 6.07) is 23.9. The Morgan fingerprint density at radius 2 is 1.76 bits per heavy atom. The number of aryl methyl sites for hydroxylation is 1. The highest BCUT2D eigenvalue weighted by molar-refractivity contribution is 5.88. The van der Waals surface area contributed by atoms with Gasteiger partial charge < -0.3 is 20.0 Å². The predicted octanol–water partition coefficient (Wildman–Crippen LogP) is 6.37. The zero-order chi connectivity index (χ0) is 26.7. The summed E-state index contributed by atoms with van der Waals surface area (Å²) in [5.41, 5.74) is 5.50. The SMILES string of the molecule is CC(C)(C)OC(=O)CCc1c[nH]c2ccc(CC(=O)NC(c3ccccc3)c3cccc4cc[nH]c34)cc12. The highest BCUT2D eigenvalue weighted by Gasteiger charge is 2.20. The molecule has 6 heteroatoms. The first-order valence-electron chi connectivity index (χ1n) is 13.0. The fourth-order valence-corrected chi connectivity index (χ4v) is 4.90. The monoisotopic (exact) mass is 507 g/mol. The summed E-state index contributed by atoms with van der Waals surface area (Å²) in [6.45, 7) is 5.61. The van der Waals surface area contributed by atoms with E-state index in [1.165, 1.54) is 0 Å². The molecule has 2 heterocycles. The number of rotatable bonds is 8. The van der Waals surface area contributed by atoms with Crippen LogP contribution in [-0.4, -0.2) is 27.4 Å². The Bertz CT molecular complexity index is 1570. The number of ether oxygens (including phenoxy) is 1. The third-order valence-corrected chi connectivity index (χ3v) is 6.58. The molecule has 0 saturated carbocycles. The Kier molecular flexibility index (Phi) is 7.05. The largest absolute Gasteiger partial charge is 0.460 e. The topological polar surface area (TPSA) is 87.0 Å². The second-order valence-electron chi connectivity index (χ2n) is 10.7. The van der Waals surface area contributed by atoms with Crippen LogP contribution in [0.2, 0.25) is 0 Å². The van der Waals surface area contributed by atoms with E-state index in [1.807, 2.05) is 93.8 Å².